The Hall–Kier alpha value is -4.52. The molecule has 0 fully saturated rings. The highest BCUT2D eigenvalue weighted by Crippen LogP contribution is 2.31. The van der Waals surface area contributed by atoms with Crippen molar-refractivity contribution in [3.05, 3.63) is 103 Å². The second-order valence-electron chi connectivity index (χ2n) is 7.42. The minimum atomic E-state index is -0.404. The van der Waals surface area contributed by atoms with Gasteiger partial charge < -0.3 is 10.1 Å². The molecule has 3 aromatic heterocycles. The largest absolute Gasteiger partial charge is 0.465 e. The van der Waals surface area contributed by atoms with Crippen LogP contribution in [-0.4, -0.2) is 32.7 Å². The van der Waals surface area contributed by atoms with Crippen LogP contribution in [0.2, 0.25) is 0 Å². The zero-order valence-corrected chi connectivity index (χ0v) is 18.0. The lowest BCUT2D eigenvalue weighted by molar-refractivity contribution is 0.0601. The van der Waals surface area contributed by atoms with Crippen molar-refractivity contribution < 1.29 is 9.53 Å². The second-order valence-corrected chi connectivity index (χ2v) is 7.42. The van der Waals surface area contributed by atoms with Gasteiger partial charge in [-0.3, -0.25) is 4.98 Å². The van der Waals surface area contributed by atoms with Gasteiger partial charge in [-0.25, -0.2) is 14.3 Å². The molecule has 0 bridgehead atoms. The monoisotopic (exact) mass is 435 g/mol. The summed E-state index contributed by atoms with van der Waals surface area (Å²) in [4.78, 5) is 21.3. The number of fused-ring (bicyclic) bond motifs is 1. The molecule has 2 aromatic carbocycles. The van der Waals surface area contributed by atoms with E-state index < -0.39 is 5.97 Å². The summed E-state index contributed by atoms with van der Waals surface area (Å²) in [5.74, 6) is 0.767. The summed E-state index contributed by atoms with van der Waals surface area (Å²) in [5, 5.41) is 8.16. The summed E-state index contributed by atoms with van der Waals surface area (Å²) in [6.45, 7) is 0.508. The normalized spacial score (nSPS) is 10.8. The minimum absolute atomic E-state index is 0.404. The van der Waals surface area contributed by atoms with Crippen molar-refractivity contribution in [3.8, 4) is 22.5 Å². The van der Waals surface area contributed by atoms with Crippen LogP contribution in [0.3, 0.4) is 0 Å². The highest BCUT2D eigenvalue weighted by atomic mass is 16.5. The van der Waals surface area contributed by atoms with E-state index in [0.29, 0.717) is 23.8 Å². The summed E-state index contributed by atoms with van der Waals surface area (Å²) < 4.78 is 6.67. The highest BCUT2D eigenvalue weighted by molar-refractivity contribution is 5.91. The van der Waals surface area contributed by atoms with E-state index in [-0.39, 0.29) is 0 Å². The molecule has 0 unspecified atom stereocenters. The SMILES string of the molecule is COC(=O)c1cccc(-c2nc(NCc3ccccn3)c3c(-c4ccccc4)ccn3n2)c1. The van der Waals surface area contributed by atoms with E-state index in [0.717, 1.165) is 27.9 Å². The van der Waals surface area contributed by atoms with Gasteiger partial charge in [-0.1, -0.05) is 48.5 Å². The number of aromatic nitrogens is 4. The molecule has 33 heavy (non-hydrogen) atoms. The molecule has 0 aliphatic carbocycles. The predicted octanol–water partition coefficient (Wildman–Crippen LogP) is 4.86. The molecule has 0 radical (unpaired) electrons. The Morgan fingerprint density at radius 3 is 2.58 bits per heavy atom. The maximum atomic E-state index is 12.0. The van der Waals surface area contributed by atoms with Gasteiger partial charge in [0.2, 0.25) is 0 Å². The second kappa shape index (κ2) is 8.92. The lowest BCUT2D eigenvalue weighted by atomic mass is 10.1. The fraction of sp³-hybridized carbons (Fsp3) is 0.0769. The summed E-state index contributed by atoms with van der Waals surface area (Å²) >= 11 is 0. The molecule has 5 rings (SSSR count). The number of hydrogen-bond donors (Lipinski definition) is 1. The number of anilines is 1. The molecule has 162 valence electrons. The van der Waals surface area contributed by atoms with Gasteiger partial charge in [-0.2, -0.15) is 0 Å². The van der Waals surface area contributed by atoms with Crippen LogP contribution in [0.5, 0.6) is 0 Å². The third-order valence-electron chi connectivity index (χ3n) is 5.30. The Bertz CT molecular complexity index is 1420. The fourth-order valence-corrected chi connectivity index (χ4v) is 3.70. The smallest absolute Gasteiger partial charge is 0.337 e. The van der Waals surface area contributed by atoms with Crippen molar-refractivity contribution in [2.75, 3.05) is 12.4 Å². The molecule has 0 atom stereocenters. The van der Waals surface area contributed by atoms with Crippen molar-refractivity contribution in [1.82, 2.24) is 19.6 Å². The molecule has 0 aliphatic heterocycles. The van der Waals surface area contributed by atoms with Gasteiger partial charge >= 0.3 is 5.97 Å². The van der Waals surface area contributed by atoms with Gasteiger partial charge in [0.1, 0.15) is 5.52 Å². The Morgan fingerprint density at radius 1 is 0.970 bits per heavy atom. The molecule has 5 aromatic rings. The van der Waals surface area contributed by atoms with E-state index in [1.165, 1.54) is 7.11 Å². The van der Waals surface area contributed by atoms with E-state index >= 15 is 0 Å². The van der Waals surface area contributed by atoms with Crippen LogP contribution in [0, 0.1) is 0 Å². The van der Waals surface area contributed by atoms with E-state index in [1.54, 1.807) is 24.4 Å². The molecular weight excluding hydrogens is 414 g/mol. The van der Waals surface area contributed by atoms with Gasteiger partial charge in [0, 0.05) is 23.5 Å². The molecule has 0 spiro atoms. The van der Waals surface area contributed by atoms with Crippen LogP contribution in [-0.2, 0) is 11.3 Å². The zero-order valence-electron chi connectivity index (χ0n) is 18.0. The first kappa shape index (κ1) is 20.4. The molecule has 3 heterocycles. The number of carbonyl (C=O) groups is 1. The number of benzene rings is 2. The maximum Gasteiger partial charge on any atom is 0.337 e. The minimum Gasteiger partial charge on any atom is -0.465 e. The Balaban J connectivity index is 1.63. The van der Waals surface area contributed by atoms with Gasteiger partial charge in [0.15, 0.2) is 11.6 Å². The van der Waals surface area contributed by atoms with Crippen LogP contribution in [0.15, 0.2) is 91.3 Å². The first-order valence-electron chi connectivity index (χ1n) is 10.5. The van der Waals surface area contributed by atoms with Crippen LogP contribution in [0.4, 0.5) is 5.82 Å². The summed E-state index contributed by atoms with van der Waals surface area (Å²) in [5.41, 5.74) is 5.02. The maximum absolute atomic E-state index is 12.0. The average Bonchev–Trinajstić information content (AvgIpc) is 3.32. The number of carbonyl (C=O) groups excluding carboxylic acids is 1. The molecule has 7 heteroatoms. The van der Waals surface area contributed by atoms with Gasteiger partial charge in [-0.15, -0.1) is 5.10 Å². The molecule has 7 nitrogen and oxygen atoms in total. The van der Waals surface area contributed by atoms with Crippen molar-refractivity contribution in [2.24, 2.45) is 0 Å². The quantitative estimate of drug-likeness (QED) is 0.384. The van der Waals surface area contributed by atoms with E-state index in [1.807, 2.05) is 59.2 Å². The third kappa shape index (κ3) is 4.16. The van der Waals surface area contributed by atoms with E-state index in [9.17, 15) is 4.79 Å². The molecule has 0 saturated carbocycles. The molecule has 0 amide bonds. The van der Waals surface area contributed by atoms with Crippen molar-refractivity contribution >= 4 is 17.3 Å². The van der Waals surface area contributed by atoms with Crippen LogP contribution in [0.1, 0.15) is 16.1 Å². The molecule has 0 saturated heterocycles. The van der Waals surface area contributed by atoms with Gasteiger partial charge in [0.25, 0.3) is 0 Å². The number of hydrogen-bond acceptors (Lipinski definition) is 6. The average molecular weight is 435 g/mol. The van der Waals surface area contributed by atoms with Gasteiger partial charge in [0.05, 0.1) is 24.9 Å². The standard InChI is InChI=1S/C26H21N5O2/c1-33-26(32)20-11-7-10-19(16-20)24-29-25(28-17-21-12-5-6-14-27-21)23-22(13-15-31(23)30-24)18-8-3-2-4-9-18/h2-16H,17H2,1H3,(H,28,29,30). The summed E-state index contributed by atoms with van der Waals surface area (Å²) in [7, 11) is 1.36. The summed E-state index contributed by atoms with van der Waals surface area (Å²) in [6, 6.07) is 25.1. The number of ether oxygens (including phenoxy) is 1. The fourth-order valence-electron chi connectivity index (χ4n) is 3.70. The summed E-state index contributed by atoms with van der Waals surface area (Å²) in [6.07, 6.45) is 3.68. The molecule has 1 N–H and O–H groups in total. The lowest BCUT2D eigenvalue weighted by Gasteiger charge is -2.12. The van der Waals surface area contributed by atoms with Crippen molar-refractivity contribution in [3.63, 3.8) is 0 Å². The number of pyridine rings is 1. The number of esters is 1. The number of rotatable bonds is 6. The Labute approximate surface area is 190 Å². The number of nitrogens with zero attached hydrogens (tertiary/aromatic N) is 4. The molecule has 0 aliphatic rings. The third-order valence-corrected chi connectivity index (χ3v) is 5.30. The van der Waals surface area contributed by atoms with Crippen LogP contribution in [0.25, 0.3) is 28.0 Å². The number of nitrogens with one attached hydrogen (secondary N) is 1. The molecular formula is C26H21N5O2. The number of methoxy groups -OCH3 is 1. The van der Waals surface area contributed by atoms with Crippen LogP contribution >= 0.6 is 0 Å². The topological polar surface area (TPSA) is 81.4 Å². The van der Waals surface area contributed by atoms with E-state index in [4.69, 9.17) is 14.8 Å². The zero-order chi connectivity index (χ0) is 22.6. The first-order valence-corrected chi connectivity index (χ1v) is 10.5. The van der Waals surface area contributed by atoms with Crippen LogP contribution < -0.4 is 5.32 Å². The Kier molecular flexibility index (Phi) is 5.51. The van der Waals surface area contributed by atoms with Crippen molar-refractivity contribution in [2.45, 2.75) is 6.54 Å². The predicted molar refractivity (Wildman–Crippen MR) is 127 cm³/mol. The Morgan fingerprint density at radius 2 is 1.79 bits per heavy atom. The highest BCUT2D eigenvalue weighted by Gasteiger charge is 2.16. The first-order chi connectivity index (χ1) is 16.2. The van der Waals surface area contributed by atoms with Gasteiger partial charge in [-0.05, 0) is 35.9 Å². The lowest BCUT2D eigenvalue weighted by Crippen LogP contribution is -2.08. The van der Waals surface area contributed by atoms with Crippen molar-refractivity contribution in [1.29, 1.82) is 0 Å². The van der Waals surface area contributed by atoms with E-state index in [2.05, 4.69) is 22.4 Å².